The molecule has 0 aliphatic heterocycles. The lowest BCUT2D eigenvalue weighted by Crippen LogP contribution is -2.07. The molecule has 0 aliphatic rings. The van der Waals surface area contributed by atoms with Gasteiger partial charge in [0.05, 0.1) is 0 Å². The molecule has 1 aromatic carbocycles. The highest BCUT2D eigenvalue weighted by atomic mass is 32.3. The van der Waals surface area contributed by atoms with Crippen molar-refractivity contribution in [3.05, 3.63) is 48.6 Å². The molecule has 1 aromatic rings. The third-order valence-electron chi connectivity index (χ3n) is 1.53. The first-order chi connectivity index (χ1) is 7.40. The van der Waals surface area contributed by atoms with E-state index in [1.165, 1.54) is 0 Å². The minimum Gasteiger partial charge on any atom is -0.264 e. The Morgan fingerprint density at radius 1 is 1.38 bits per heavy atom. The first kappa shape index (κ1) is 14.8. The molecule has 0 saturated heterocycles. The molecule has 1 atom stereocenters. The van der Waals surface area contributed by atoms with Crippen molar-refractivity contribution in [2.45, 2.75) is 20.0 Å². The molecule has 0 aliphatic carbocycles. The number of hydrogen-bond donors (Lipinski definition) is 1. The highest BCUT2D eigenvalue weighted by Gasteiger charge is 2.13. The maximum Gasteiger partial charge on any atom is 0.397 e. The zero-order valence-electron chi connectivity index (χ0n) is 9.33. The summed E-state index contributed by atoms with van der Waals surface area (Å²) in [6, 6.07) is 8.77. The predicted molar refractivity (Wildman–Crippen MR) is 63.4 cm³/mol. The molecule has 16 heavy (non-hydrogen) atoms. The van der Waals surface area contributed by atoms with Gasteiger partial charge in [0.15, 0.2) is 0 Å². The van der Waals surface area contributed by atoms with E-state index in [4.69, 9.17) is 4.55 Å². The maximum atomic E-state index is 10.3. The fourth-order valence-corrected chi connectivity index (χ4v) is 1.44. The monoisotopic (exact) mass is 244 g/mol. The lowest BCUT2D eigenvalue weighted by atomic mass is 10.1. The Bertz CT molecular complexity index is 397. The van der Waals surface area contributed by atoms with Gasteiger partial charge in [0.2, 0.25) is 0 Å². The molecule has 1 unspecified atom stereocenters. The van der Waals surface area contributed by atoms with Crippen LogP contribution in [0.1, 0.15) is 25.5 Å². The Balaban J connectivity index is 0.000000673. The van der Waals surface area contributed by atoms with E-state index in [-0.39, 0.29) is 0 Å². The summed E-state index contributed by atoms with van der Waals surface area (Å²) < 4.78 is 33.4. The molecule has 1 rings (SSSR count). The van der Waals surface area contributed by atoms with Crippen LogP contribution in [0.3, 0.4) is 0 Å². The molecular formula is C11H16O4S. The van der Waals surface area contributed by atoms with Gasteiger partial charge in [0.25, 0.3) is 0 Å². The van der Waals surface area contributed by atoms with Crippen molar-refractivity contribution >= 4 is 10.4 Å². The van der Waals surface area contributed by atoms with Crippen LogP contribution < -0.4 is 0 Å². The standard InChI is InChI=1S/C8H10O4S.C3H6/c1-7(12-13(9,10)11)8-5-3-2-4-6-8;1-3-2/h2-7H,1H3,(H,9,10,11);3H,1H2,2H3. The van der Waals surface area contributed by atoms with Gasteiger partial charge in [0.1, 0.15) is 6.10 Å². The molecule has 5 heteroatoms. The summed E-state index contributed by atoms with van der Waals surface area (Å²) in [5.74, 6) is 0. The Labute approximate surface area is 96.5 Å². The van der Waals surface area contributed by atoms with Crippen LogP contribution in [0.4, 0.5) is 0 Å². The summed E-state index contributed by atoms with van der Waals surface area (Å²) in [7, 11) is -4.37. The van der Waals surface area contributed by atoms with Gasteiger partial charge in [-0.05, 0) is 19.4 Å². The maximum absolute atomic E-state index is 10.3. The largest absolute Gasteiger partial charge is 0.397 e. The Hall–Kier alpha value is -1.17. The number of rotatable bonds is 3. The van der Waals surface area contributed by atoms with Crippen LogP contribution in [-0.4, -0.2) is 13.0 Å². The lowest BCUT2D eigenvalue weighted by Gasteiger charge is -2.09. The van der Waals surface area contributed by atoms with Crippen LogP contribution in [0, 0.1) is 0 Å². The minimum absolute atomic E-state index is 0.670. The zero-order valence-corrected chi connectivity index (χ0v) is 10.1. The molecule has 0 radical (unpaired) electrons. The highest BCUT2D eigenvalue weighted by molar-refractivity contribution is 7.80. The van der Waals surface area contributed by atoms with Gasteiger partial charge in [-0.25, -0.2) is 4.18 Å². The fourth-order valence-electron chi connectivity index (χ4n) is 0.962. The molecule has 4 nitrogen and oxygen atoms in total. The molecule has 0 saturated carbocycles. The number of hydrogen-bond acceptors (Lipinski definition) is 3. The van der Waals surface area contributed by atoms with E-state index in [0.717, 1.165) is 0 Å². The first-order valence-electron chi connectivity index (χ1n) is 4.68. The first-order valence-corrected chi connectivity index (χ1v) is 6.05. The predicted octanol–water partition coefficient (Wildman–Crippen LogP) is 2.76. The quantitative estimate of drug-likeness (QED) is 0.656. The molecule has 90 valence electrons. The smallest absolute Gasteiger partial charge is 0.264 e. The summed E-state index contributed by atoms with van der Waals surface area (Å²) in [5, 5.41) is 0. The van der Waals surface area contributed by atoms with Crippen molar-refractivity contribution in [1.82, 2.24) is 0 Å². The molecule has 1 N–H and O–H groups in total. The van der Waals surface area contributed by atoms with Gasteiger partial charge in [-0.15, -0.1) is 6.58 Å². The summed E-state index contributed by atoms with van der Waals surface area (Å²) in [6.45, 7) is 6.79. The number of allylic oxidation sites excluding steroid dienone is 1. The molecule has 0 aromatic heterocycles. The van der Waals surface area contributed by atoms with Gasteiger partial charge in [-0.3, -0.25) is 4.55 Å². The zero-order chi connectivity index (χ0) is 12.6. The fraction of sp³-hybridized carbons (Fsp3) is 0.273. The Kier molecular flexibility index (Phi) is 6.64. The van der Waals surface area contributed by atoms with Crippen molar-refractivity contribution < 1.29 is 17.2 Å². The van der Waals surface area contributed by atoms with E-state index >= 15 is 0 Å². The van der Waals surface area contributed by atoms with Gasteiger partial charge < -0.3 is 0 Å². The van der Waals surface area contributed by atoms with Crippen molar-refractivity contribution in [2.75, 3.05) is 0 Å². The van der Waals surface area contributed by atoms with Gasteiger partial charge >= 0.3 is 10.4 Å². The van der Waals surface area contributed by atoms with E-state index in [1.807, 2.05) is 13.0 Å². The average Bonchev–Trinajstić information content (AvgIpc) is 2.18. The second-order valence-corrected chi connectivity index (χ2v) is 4.03. The van der Waals surface area contributed by atoms with Crippen molar-refractivity contribution in [3.63, 3.8) is 0 Å². The van der Waals surface area contributed by atoms with Crippen LogP contribution in [0.5, 0.6) is 0 Å². The van der Waals surface area contributed by atoms with E-state index in [9.17, 15) is 8.42 Å². The van der Waals surface area contributed by atoms with E-state index in [0.29, 0.717) is 5.56 Å². The third-order valence-corrected chi connectivity index (χ3v) is 2.07. The lowest BCUT2D eigenvalue weighted by molar-refractivity contribution is 0.201. The SMILES string of the molecule is C=CC.CC(OS(=O)(=O)O)c1ccccc1. The highest BCUT2D eigenvalue weighted by Crippen LogP contribution is 2.17. The third kappa shape index (κ3) is 7.17. The number of benzene rings is 1. The topological polar surface area (TPSA) is 63.6 Å². The molecule has 0 spiro atoms. The summed E-state index contributed by atoms with van der Waals surface area (Å²) in [5.41, 5.74) is 0.695. The molecule has 0 amide bonds. The molecule has 0 heterocycles. The van der Waals surface area contributed by atoms with Gasteiger partial charge in [-0.2, -0.15) is 8.42 Å². The molecular weight excluding hydrogens is 228 g/mol. The van der Waals surface area contributed by atoms with E-state index in [1.54, 1.807) is 37.3 Å². The van der Waals surface area contributed by atoms with Crippen LogP contribution in [0.15, 0.2) is 43.0 Å². The van der Waals surface area contributed by atoms with Gasteiger partial charge in [0, 0.05) is 0 Å². The van der Waals surface area contributed by atoms with Crippen LogP contribution in [-0.2, 0) is 14.6 Å². The van der Waals surface area contributed by atoms with Crippen LogP contribution in [0.25, 0.3) is 0 Å². The van der Waals surface area contributed by atoms with Crippen LogP contribution >= 0.6 is 0 Å². The Morgan fingerprint density at radius 2 is 1.81 bits per heavy atom. The van der Waals surface area contributed by atoms with E-state index < -0.39 is 16.5 Å². The summed E-state index contributed by atoms with van der Waals surface area (Å²) in [4.78, 5) is 0. The second-order valence-electron chi connectivity index (χ2n) is 2.99. The van der Waals surface area contributed by atoms with Crippen molar-refractivity contribution in [1.29, 1.82) is 0 Å². The normalized spacial score (nSPS) is 12.2. The molecule has 0 bridgehead atoms. The Morgan fingerprint density at radius 3 is 2.19 bits per heavy atom. The summed E-state index contributed by atoms with van der Waals surface area (Å²) in [6.07, 6.45) is 1.08. The van der Waals surface area contributed by atoms with Gasteiger partial charge in [-0.1, -0.05) is 36.4 Å². The minimum atomic E-state index is -4.37. The second kappa shape index (κ2) is 7.16. The summed E-state index contributed by atoms with van der Waals surface area (Å²) >= 11 is 0. The van der Waals surface area contributed by atoms with Crippen molar-refractivity contribution in [3.8, 4) is 0 Å². The van der Waals surface area contributed by atoms with E-state index in [2.05, 4.69) is 10.8 Å². The van der Waals surface area contributed by atoms with Crippen LogP contribution in [0.2, 0.25) is 0 Å². The average molecular weight is 244 g/mol. The molecule has 0 fully saturated rings. The van der Waals surface area contributed by atoms with Crippen molar-refractivity contribution in [2.24, 2.45) is 0 Å².